The van der Waals surface area contributed by atoms with Gasteiger partial charge in [0.05, 0.1) is 37.4 Å². The summed E-state index contributed by atoms with van der Waals surface area (Å²) in [6, 6.07) is 18.0. The summed E-state index contributed by atoms with van der Waals surface area (Å²) in [5.41, 5.74) is 4.21. The van der Waals surface area contributed by atoms with Gasteiger partial charge in [-0.3, -0.25) is 13.9 Å². The van der Waals surface area contributed by atoms with Gasteiger partial charge in [0.2, 0.25) is 15.9 Å². The Morgan fingerprint density at radius 2 is 1.57 bits per heavy atom. The number of nitrogens with one attached hydrogen (secondary N) is 2. The third kappa shape index (κ3) is 8.47. The number of carbonyl (C=O) groups is 2. The summed E-state index contributed by atoms with van der Waals surface area (Å²) in [6.45, 7) is 4.37. The van der Waals surface area contributed by atoms with Gasteiger partial charge < -0.3 is 20.1 Å². The van der Waals surface area contributed by atoms with Gasteiger partial charge in [0, 0.05) is 19.5 Å². The molecule has 10 heteroatoms. The summed E-state index contributed by atoms with van der Waals surface area (Å²) < 4.78 is 36.8. The molecule has 40 heavy (non-hydrogen) atoms. The standard InChI is InChI=1S/C30H37N3O6S/c1-21-17-22(2)19-24(18-21)33(40(5,36)37)16-8-11-29(34)32-26-10-7-6-9-25(26)30(35)31-15-14-23-12-13-27(38-3)28(20-23)39-4/h6-7,9-10,12-13,17-20H,8,11,14-16H2,1-5H3,(H,31,35)(H,32,34). The van der Waals surface area contributed by atoms with Crippen LogP contribution in [-0.2, 0) is 21.2 Å². The molecule has 2 N–H and O–H groups in total. The van der Waals surface area contributed by atoms with Crippen molar-refractivity contribution in [1.82, 2.24) is 5.32 Å². The van der Waals surface area contributed by atoms with Gasteiger partial charge in [0.1, 0.15) is 0 Å². The molecule has 0 aromatic heterocycles. The maximum atomic E-state index is 12.9. The largest absolute Gasteiger partial charge is 0.493 e. The molecular weight excluding hydrogens is 530 g/mol. The molecule has 0 fully saturated rings. The number of para-hydroxylation sites is 1. The van der Waals surface area contributed by atoms with Crippen molar-refractivity contribution in [3.63, 3.8) is 0 Å². The van der Waals surface area contributed by atoms with E-state index in [1.165, 1.54) is 4.31 Å². The minimum absolute atomic E-state index is 0.0894. The fourth-order valence-corrected chi connectivity index (χ4v) is 5.37. The predicted molar refractivity (Wildman–Crippen MR) is 158 cm³/mol. The van der Waals surface area contributed by atoms with Crippen LogP contribution in [0.15, 0.2) is 60.7 Å². The first-order valence-corrected chi connectivity index (χ1v) is 14.8. The lowest BCUT2D eigenvalue weighted by atomic mass is 10.1. The average Bonchev–Trinajstić information content (AvgIpc) is 2.90. The predicted octanol–water partition coefficient (Wildman–Crippen LogP) is 4.48. The molecule has 0 heterocycles. The number of hydrogen-bond acceptors (Lipinski definition) is 6. The summed E-state index contributed by atoms with van der Waals surface area (Å²) in [6.07, 6.45) is 2.14. The Morgan fingerprint density at radius 1 is 0.900 bits per heavy atom. The van der Waals surface area contributed by atoms with Crippen LogP contribution >= 0.6 is 0 Å². The highest BCUT2D eigenvalue weighted by Gasteiger charge is 2.19. The van der Waals surface area contributed by atoms with Crippen LogP contribution < -0.4 is 24.4 Å². The van der Waals surface area contributed by atoms with Crippen LogP contribution in [0.4, 0.5) is 11.4 Å². The van der Waals surface area contributed by atoms with E-state index in [0.29, 0.717) is 47.8 Å². The van der Waals surface area contributed by atoms with Gasteiger partial charge in [-0.25, -0.2) is 8.42 Å². The normalized spacial score (nSPS) is 11.0. The maximum Gasteiger partial charge on any atom is 0.253 e. The van der Waals surface area contributed by atoms with E-state index in [0.717, 1.165) is 22.9 Å². The highest BCUT2D eigenvalue weighted by molar-refractivity contribution is 7.92. The lowest BCUT2D eigenvalue weighted by Crippen LogP contribution is -2.31. The van der Waals surface area contributed by atoms with Gasteiger partial charge in [0.25, 0.3) is 5.91 Å². The SMILES string of the molecule is COc1ccc(CCNC(=O)c2ccccc2NC(=O)CCCN(c2cc(C)cc(C)c2)S(C)(=O)=O)cc1OC. The van der Waals surface area contributed by atoms with E-state index in [1.807, 2.05) is 50.2 Å². The lowest BCUT2D eigenvalue weighted by molar-refractivity contribution is -0.116. The molecule has 214 valence electrons. The molecule has 9 nitrogen and oxygen atoms in total. The minimum Gasteiger partial charge on any atom is -0.493 e. The first kappa shape index (κ1) is 30.5. The van der Waals surface area contributed by atoms with Crippen molar-refractivity contribution in [3.8, 4) is 11.5 Å². The Kier molecular flexibility index (Phi) is 10.6. The van der Waals surface area contributed by atoms with E-state index >= 15 is 0 Å². The number of hydrogen-bond donors (Lipinski definition) is 2. The van der Waals surface area contributed by atoms with E-state index in [9.17, 15) is 18.0 Å². The lowest BCUT2D eigenvalue weighted by Gasteiger charge is -2.23. The molecule has 0 unspecified atom stereocenters. The van der Waals surface area contributed by atoms with Crippen molar-refractivity contribution in [1.29, 1.82) is 0 Å². The molecule has 0 spiro atoms. The number of carbonyl (C=O) groups excluding carboxylic acids is 2. The quantitative estimate of drug-likeness (QED) is 0.315. The van der Waals surface area contributed by atoms with E-state index < -0.39 is 10.0 Å². The molecule has 3 aromatic rings. The first-order valence-electron chi connectivity index (χ1n) is 13.0. The number of amides is 2. The molecular formula is C30H37N3O6S. The minimum atomic E-state index is -3.53. The zero-order valence-electron chi connectivity index (χ0n) is 23.6. The third-order valence-electron chi connectivity index (χ3n) is 6.25. The topological polar surface area (TPSA) is 114 Å². The number of ether oxygens (including phenoxy) is 2. The highest BCUT2D eigenvalue weighted by atomic mass is 32.2. The molecule has 0 radical (unpaired) electrons. The first-order chi connectivity index (χ1) is 19.0. The Bertz CT molecular complexity index is 1440. The Morgan fingerprint density at radius 3 is 2.23 bits per heavy atom. The summed E-state index contributed by atoms with van der Waals surface area (Å²) in [5.74, 6) is 0.635. The zero-order chi connectivity index (χ0) is 29.3. The van der Waals surface area contributed by atoms with Gasteiger partial charge in [-0.05, 0) is 79.8 Å². The van der Waals surface area contributed by atoms with Crippen molar-refractivity contribution >= 4 is 33.2 Å². The van der Waals surface area contributed by atoms with Crippen LogP contribution in [0.3, 0.4) is 0 Å². The maximum absolute atomic E-state index is 12.9. The fraction of sp³-hybridized carbons (Fsp3) is 0.333. The number of sulfonamides is 1. The van der Waals surface area contributed by atoms with Crippen LogP contribution in [0.5, 0.6) is 11.5 Å². The highest BCUT2D eigenvalue weighted by Crippen LogP contribution is 2.27. The second-order valence-corrected chi connectivity index (χ2v) is 11.5. The number of benzene rings is 3. The van der Waals surface area contributed by atoms with E-state index in [1.54, 1.807) is 38.5 Å². The molecule has 0 atom stereocenters. The second kappa shape index (κ2) is 13.8. The molecule has 0 saturated heterocycles. The third-order valence-corrected chi connectivity index (χ3v) is 7.45. The molecule has 0 aliphatic rings. The molecule has 0 aliphatic carbocycles. The van der Waals surface area contributed by atoms with Gasteiger partial charge in [0.15, 0.2) is 11.5 Å². The Labute approximate surface area is 236 Å². The monoisotopic (exact) mass is 567 g/mol. The van der Waals surface area contributed by atoms with Crippen LogP contribution in [0, 0.1) is 13.8 Å². The van der Waals surface area contributed by atoms with E-state index in [4.69, 9.17) is 9.47 Å². The summed E-state index contributed by atoms with van der Waals surface area (Å²) in [4.78, 5) is 25.6. The number of methoxy groups -OCH3 is 2. The average molecular weight is 568 g/mol. The number of anilines is 2. The van der Waals surface area contributed by atoms with Crippen molar-refractivity contribution in [2.45, 2.75) is 33.1 Å². The van der Waals surface area contributed by atoms with Crippen molar-refractivity contribution in [2.24, 2.45) is 0 Å². The van der Waals surface area contributed by atoms with Crippen LogP contribution in [0.25, 0.3) is 0 Å². The molecule has 3 aromatic carbocycles. The number of rotatable bonds is 13. The Hall–Kier alpha value is -4.05. The summed E-state index contributed by atoms with van der Waals surface area (Å²) in [7, 11) is -0.383. The van der Waals surface area contributed by atoms with Crippen molar-refractivity contribution in [3.05, 3.63) is 82.9 Å². The smallest absolute Gasteiger partial charge is 0.253 e. The van der Waals surface area contributed by atoms with E-state index in [2.05, 4.69) is 10.6 Å². The van der Waals surface area contributed by atoms with E-state index in [-0.39, 0.29) is 24.8 Å². The van der Waals surface area contributed by atoms with Gasteiger partial charge >= 0.3 is 0 Å². The Balaban J connectivity index is 1.57. The van der Waals surface area contributed by atoms with Gasteiger partial charge in [-0.1, -0.05) is 24.3 Å². The van der Waals surface area contributed by atoms with Crippen LogP contribution in [0.2, 0.25) is 0 Å². The summed E-state index contributed by atoms with van der Waals surface area (Å²) >= 11 is 0. The number of nitrogens with zero attached hydrogens (tertiary/aromatic N) is 1. The molecule has 3 rings (SSSR count). The fourth-order valence-electron chi connectivity index (χ4n) is 4.42. The van der Waals surface area contributed by atoms with Gasteiger partial charge in [-0.15, -0.1) is 0 Å². The van der Waals surface area contributed by atoms with Crippen LogP contribution in [-0.4, -0.2) is 53.8 Å². The van der Waals surface area contributed by atoms with Crippen molar-refractivity contribution in [2.75, 3.05) is 43.2 Å². The van der Waals surface area contributed by atoms with Crippen molar-refractivity contribution < 1.29 is 27.5 Å². The second-order valence-electron chi connectivity index (χ2n) is 9.57. The van der Waals surface area contributed by atoms with Gasteiger partial charge in [-0.2, -0.15) is 0 Å². The number of aryl methyl sites for hydroxylation is 2. The van der Waals surface area contributed by atoms with Crippen LogP contribution in [0.1, 0.15) is 39.9 Å². The molecule has 0 saturated carbocycles. The molecule has 0 aliphatic heterocycles. The zero-order valence-corrected chi connectivity index (χ0v) is 24.4. The summed E-state index contributed by atoms with van der Waals surface area (Å²) in [5, 5.41) is 5.69. The molecule has 2 amide bonds. The molecule has 0 bridgehead atoms.